The topological polar surface area (TPSA) is 63.6 Å². The predicted octanol–water partition coefficient (Wildman–Crippen LogP) is 2.27. The third-order valence-corrected chi connectivity index (χ3v) is 6.58. The SMILES string of the molecule is CS(=O)(=O)C1CCCC1(O)CC1CCOc2ccccc21. The van der Waals surface area contributed by atoms with Crippen LogP contribution in [0.25, 0.3) is 0 Å². The second-order valence-electron chi connectivity index (χ2n) is 6.39. The van der Waals surface area contributed by atoms with Gasteiger partial charge in [0.05, 0.1) is 17.5 Å². The van der Waals surface area contributed by atoms with E-state index in [2.05, 4.69) is 0 Å². The standard InChI is InChI=1S/C16H22O4S/c1-21(18,19)15-7-4-9-16(15,17)11-12-8-10-20-14-6-3-2-5-13(12)14/h2-3,5-6,12,15,17H,4,7-11H2,1H3. The van der Waals surface area contributed by atoms with E-state index in [9.17, 15) is 13.5 Å². The molecule has 0 amide bonds. The van der Waals surface area contributed by atoms with E-state index in [1.165, 1.54) is 6.26 Å². The van der Waals surface area contributed by atoms with Gasteiger partial charge in [0.2, 0.25) is 0 Å². The van der Waals surface area contributed by atoms with Crippen molar-refractivity contribution >= 4 is 9.84 Å². The molecule has 3 rings (SSSR count). The van der Waals surface area contributed by atoms with Gasteiger partial charge in [0.1, 0.15) is 5.75 Å². The Labute approximate surface area is 126 Å². The van der Waals surface area contributed by atoms with Crippen molar-refractivity contribution in [2.45, 2.75) is 48.9 Å². The normalized spacial score (nSPS) is 32.5. The lowest BCUT2D eigenvalue weighted by molar-refractivity contribution is 0.0303. The number of hydrogen-bond donors (Lipinski definition) is 1. The molecule has 1 aliphatic carbocycles. The highest BCUT2D eigenvalue weighted by Gasteiger charge is 2.48. The molecular weight excluding hydrogens is 288 g/mol. The van der Waals surface area contributed by atoms with Crippen LogP contribution in [-0.4, -0.2) is 37.2 Å². The quantitative estimate of drug-likeness (QED) is 0.930. The Morgan fingerprint density at radius 3 is 2.86 bits per heavy atom. The maximum Gasteiger partial charge on any atom is 0.153 e. The largest absolute Gasteiger partial charge is 0.493 e. The van der Waals surface area contributed by atoms with E-state index in [0.717, 1.165) is 24.2 Å². The Kier molecular flexibility index (Phi) is 3.74. The fraction of sp³-hybridized carbons (Fsp3) is 0.625. The lowest BCUT2D eigenvalue weighted by Crippen LogP contribution is -2.43. The maximum absolute atomic E-state index is 12.0. The van der Waals surface area contributed by atoms with Gasteiger partial charge in [-0.3, -0.25) is 0 Å². The van der Waals surface area contributed by atoms with Crippen LogP contribution < -0.4 is 4.74 Å². The minimum atomic E-state index is -3.22. The first-order valence-corrected chi connectivity index (χ1v) is 9.48. The monoisotopic (exact) mass is 310 g/mol. The molecule has 1 saturated carbocycles. The number of fused-ring (bicyclic) bond motifs is 1. The fourth-order valence-electron chi connectivity index (χ4n) is 3.92. The van der Waals surface area contributed by atoms with Crippen LogP contribution in [-0.2, 0) is 9.84 Å². The van der Waals surface area contributed by atoms with E-state index in [-0.39, 0.29) is 5.92 Å². The molecule has 0 radical (unpaired) electrons. The molecule has 0 saturated heterocycles. The molecule has 1 aliphatic heterocycles. The predicted molar refractivity (Wildman–Crippen MR) is 81.3 cm³/mol. The van der Waals surface area contributed by atoms with Crippen molar-refractivity contribution < 1.29 is 18.3 Å². The summed E-state index contributed by atoms with van der Waals surface area (Å²) in [6.45, 7) is 0.626. The first kappa shape index (κ1) is 14.9. The van der Waals surface area contributed by atoms with Crippen molar-refractivity contribution in [1.29, 1.82) is 0 Å². The molecule has 2 aliphatic rings. The van der Waals surface area contributed by atoms with E-state index in [1.54, 1.807) is 0 Å². The van der Waals surface area contributed by atoms with Gasteiger partial charge in [0.25, 0.3) is 0 Å². The van der Waals surface area contributed by atoms with Crippen LogP contribution >= 0.6 is 0 Å². The maximum atomic E-state index is 12.0. The van der Waals surface area contributed by atoms with Crippen LogP contribution in [0.2, 0.25) is 0 Å². The van der Waals surface area contributed by atoms with Crippen LogP contribution in [0.4, 0.5) is 0 Å². The molecule has 4 nitrogen and oxygen atoms in total. The number of rotatable bonds is 3. The summed E-state index contributed by atoms with van der Waals surface area (Å²) < 4.78 is 29.5. The number of aliphatic hydroxyl groups is 1. The van der Waals surface area contributed by atoms with Gasteiger partial charge >= 0.3 is 0 Å². The van der Waals surface area contributed by atoms with Crippen molar-refractivity contribution in [2.24, 2.45) is 0 Å². The van der Waals surface area contributed by atoms with Crippen molar-refractivity contribution in [2.75, 3.05) is 12.9 Å². The smallest absolute Gasteiger partial charge is 0.153 e. The van der Waals surface area contributed by atoms with Crippen LogP contribution in [0.1, 0.15) is 43.6 Å². The van der Waals surface area contributed by atoms with E-state index < -0.39 is 20.7 Å². The summed E-state index contributed by atoms with van der Waals surface area (Å²) in [7, 11) is -3.22. The summed E-state index contributed by atoms with van der Waals surface area (Å²) >= 11 is 0. The lowest BCUT2D eigenvalue weighted by atomic mass is 9.81. The fourth-order valence-corrected chi connectivity index (χ4v) is 5.53. The second kappa shape index (κ2) is 5.29. The minimum absolute atomic E-state index is 0.169. The van der Waals surface area contributed by atoms with Crippen LogP contribution in [0.15, 0.2) is 24.3 Å². The third-order valence-electron chi connectivity index (χ3n) is 4.87. The number of ether oxygens (including phenoxy) is 1. The van der Waals surface area contributed by atoms with E-state index in [0.29, 0.717) is 25.9 Å². The molecule has 0 spiro atoms. The van der Waals surface area contributed by atoms with Crippen molar-refractivity contribution in [1.82, 2.24) is 0 Å². The zero-order valence-corrected chi connectivity index (χ0v) is 13.1. The summed E-state index contributed by atoms with van der Waals surface area (Å²) in [6.07, 6.45) is 4.50. The Morgan fingerprint density at radius 1 is 1.33 bits per heavy atom. The molecule has 1 fully saturated rings. The van der Waals surface area contributed by atoms with Gasteiger partial charge in [-0.15, -0.1) is 0 Å². The highest BCUT2D eigenvalue weighted by atomic mass is 32.2. The van der Waals surface area contributed by atoms with Crippen LogP contribution in [0.5, 0.6) is 5.75 Å². The highest BCUT2D eigenvalue weighted by Crippen LogP contribution is 2.45. The van der Waals surface area contributed by atoms with Gasteiger partial charge in [-0.1, -0.05) is 18.2 Å². The molecule has 1 aromatic rings. The number of hydrogen-bond acceptors (Lipinski definition) is 4. The van der Waals surface area contributed by atoms with Gasteiger partial charge in [-0.05, 0) is 49.7 Å². The molecule has 3 unspecified atom stereocenters. The number of para-hydroxylation sites is 1. The first-order valence-electron chi connectivity index (χ1n) is 7.53. The zero-order valence-electron chi connectivity index (χ0n) is 12.3. The average Bonchev–Trinajstić information content (AvgIpc) is 2.81. The molecule has 0 aromatic heterocycles. The van der Waals surface area contributed by atoms with Crippen molar-refractivity contribution in [3.05, 3.63) is 29.8 Å². The highest BCUT2D eigenvalue weighted by molar-refractivity contribution is 7.91. The zero-order chi connectivity index (χ0) is 15.1. The Hall–Kier alpha value is -1.07. The summed E-state index contributed by atoms with van der Waals surface area (Å²) in [5.41, 5.74) is -0.000722. The number of benzene rings is 1. The summed E-state index contributed by atoms with van der Waals surface area (Å²) in [4.78, 5) is 0. The van der Waals surface area contributed by atoms with Crippen LogP contribution in [0, 0.1) is 0 Å². The Morgan fingerprint density at radius 2 is 2.10 bits per heavy atom. The molecular formula is C16H22O4S. The molecule has 1 aromatic carbocycles. The molecule has 116 valence electrons. The number of sulfone groups is 1. The van der Waals surface area contributed by atoms with Gasteiger partial charge in [-0.2, -0.15) is 0 Å². The molecule has 5 heteroatoms. The molecule has 1 N–H and O–H groups in total. The summed E-state index contributed by atoms with van der Waals surface area (Å²) in [5, 5.41) is 10.3. The van der Waals surface area contributed by atoms with Gasteiger partial charge in [0, 0.05) is 6.26 Å². The van der Waals surface area contributed by atoms with E-state index in [4.69, 9.17) is 4.74 Å². The Balaban J connectivity index is 1.87. The molecule has 3 atom stereocenters. The van der Waals surface area contributed by atoms with E-state index >= 15 is 0 Å². The second-order valence-corrected chi connectivity index (χ2v) is 8.62. The Bertz CT molecular complexity index is 625. The van der Waals surface area contributed by atoms with E-state index in [1.807, 2.05) is 24.3 Å². The summed E-state index contributed by atoms with van der Waals surface area (Å²) in [5.74, 6) is 1.04. The first-order chi connectivity index (χ1) is 9.90. The summed E-state index contributed by atoms with van der Waals surface area (Å²) in [6, 6.07) is 7.86. The van der Waals surface area contributed by atoms with Gasteiger partial charge in [0.15, 0.2) is 9.84 Å². The molecule has 0 bridgehead atoms. The van der Waals surface area contributed by atoms with Crippen LogP contribution in [0.3, 0.4) is 0 Å². The van der Waals surface area contributed by atoms with Crippen molar-refractivity contribution in [3.8, 4) is 5.75 Å². The average molecular weight is 310 g/mol. The van der Waals surface area contributed by atoms with Gasteiger partial charge < -0.3 is 9.84 Å². The van der Waals surface area contributed by atoms with Crippen molar-refractivity contribution in [3.63, 3.8) is 0 Å². The lowest BCUT2D eigenvalue weighted by Gasteiger charge is -2.35. The third kappa shape index (κ3) is 2.81. The molecule has 1 heterocycles. The molecule has 21 heavy (non-hydrogen) atoms. The van der Waals surface area contributed by atoms with Gasteiger partial charge in [-0.25, -0.2) is 8.42 Å². The minimum Gasteiger partial charge on any atom is -0.493 e.